The highest BCUT2D eigenvalue weighted by Crippen LogP contribution is 2.44. The predicted octanol–water partition coefficient (Wildman–Crippen LogP) is 2.20. The van der Waals surface area contributed by atoms with E-state index in [2.05, 4.69) is 5.32 Å². The van der Waals surface area contributed by atoms with Crippen molar-refractivity contribution in [2.24, 2.45) is 0 Å². The van der Waals surface area contributed by atoms with Gasteiger partial charge in [0, 0.05) is 5.69 Å². The number of esters is 1. The molecular weight excluding hydrogens is 394 g/mol. The van der Waals surface area contributed by atoms with Gasteiger partial charge in [-0.3, -0.25) is 4.79 Å². The summed E-state index contributed by atoms with van der Waals surface area (Å²) < 4.78 is 34.6. The first kappa shape index (κ1) is 21.2. The van der Waals surface area contributed by atoms with Gasteiger partial charge in [-0.05, 0) is 58.9 Å². The van der Waals surface area contributed by atoms with E-state index < -0.39 is 54.2 Å². The molecule has 0 unspecified atom stereocenters. The molecule has 0 spiro atoms. The minimum absolute atomic E-state index is 0.294. The number of fused-ring (bicyclic) bond motifs is 3. The quantitative estimate of drug-likeness (QED) is 0.739. The SMILES string of the molecule is CCOC(=O)c1ccc(NC(=O)[C@@H]2O[C@H]3OC(C)(C)O[C@H]3[C@@H]3OC(C)(C)O[C@@H]32)cc1. The molecule has 3 aliphatic rings. The van der Waals surface area contributed by atoms with Crippen molar-refractivity contribution in [3.8, 4) is 0 Å². The van der Waals surface area contributed by atoms with Crippen LogP contribution >= 0.6 is 0 Å². The second kappa shape index (κ2) is 7.58. The van der Waals surface area contributed by atoms with Crippen molar-refractivity contribution < 1.29 is 38.0 Å². The van der Waals surface area contributed by atoms with Crippen LogP contribution in [0.3, 0.4) is 0 Å². The summed E-state index contributed by atoms with van der Waals surface area (Å²) in [5, 5.41) is 2.80. The average molecular weight is 421 g/mol. The molecule has 0 aliphatic carbocycles. The van der Waals surface area contributed by atoms with Crippen LogP contribution in [0, 0.1) is 0 Å². The van der Waals surface area contributed by atoms with E-state index in [0.29, 0.717) is 17.9 Å². The van der Waals surface area contributed by atoms with Crippen LogP contribution in [-0.2, 0) is 33.2 Å². The second-order valence-electron chi connectivity index (χ2n) is 8.38. The van der Waals surface area contributed by atoms with Gasteiger partial charge < -0.3 is 33.7 Å². The predicted molar refractivity (Wildman–Crippen MR) is 104 cm³/mol. The third-order valence-electron chi connectivity index (χ3n) is 5.08. The fourth-order valence-electron chi connectivity index (χ4n) is 3.94. The molecule has 1 aromatic carbocycles. The number of rotatable bonds is 4. The zero-order valence-electron chi connectivity index (χ0n) is 17.7. The Balaban J connectivity index is 1.50. The molecule has 3 saturated heterocycles. The Hall–Kier alpha value is -2.04. The number of hydrogen-bond acceptors (Lipinski definition) is 8. The molecule has 0 saturated carbocycles. The number of carbonyl (C=O) groups is 2. The summed E-state index contributed by atoms with van der Waals surface area (Å²) in [6.45, 7) is 9.16. The van der Waals surface area contributed by atoms with Gasteiger partial charge in [-0.25, -0.2) is 4.79 Å². The molecule has 5 atom stereocenters. The Morgan fingerprint density at radius 2 is 1.53 bits per heavy atom. The van der Waals surface area contributed by atoms with Crippen LogP contribution in [0.15, 0.2) is 24.3 Å². The molecule has 1 N–H and O–H groups in total. The third kappa shape index (κ3) is 4.08. The van der Waals surface area contributed by atoms with E-state index in [9.17, 15) is 9.59 Å². The zero-order valence-corrected chi connectivity index (χ0v) is 17.7. The largest absolute Gasteiger partial charge is 0.462 e. The highest BCUT2D eigenvalue weighted by Gasteiger charge is 2.62. The van der Waals surface area contributed by atoms with Crippen molar-refractivity contribution in [2.75, 3.05) is 11.9 Å². The standard InChI is InChI=1S/C21H27NO8/c1-6-25-18(24)11-7-9-12(10-8-11)22-17(23)15-13-14(28-20(2,3)27-13)16-19(26-15)30-21(4,5)29-16/h7-10,13-16,19H,6H2,1-5H3,(H,22,23)/t13-,14+,15+,16-,19-/m0/s1. The number of carbonyl (C=O) groups excluding carboxylic acids is 2. The maximum atomic E-state index is 13.0. The van der Waals surface area contributed by atoms with Crippen LogP contribution in [0.4, 0.5) is 5.69 Å². The van der Waals surface area contributed by atoms with Crippen molar-refractivity contribution in [1.29, 1.82) is 0 Å². The van der Waals surface area contributed by atoms with Gasteiger partial charge in [0.15, 0.2) is 24.0 Å². The molecule has 0 radical (unpaired) electrons. The molecule has 1 aromatic rings. The molecule has 3 fully saturated rings. The lowest BCUT2D eigenvalue weighted by Crippen LogP contribution is -2.58. The van der Waals surface area contributed by atoms with Crippen molar-refractivity contribution in [1.82, 2.24) is 0 Å². The molecule has 4 rings (SSSR count). The third-order valence-corrected chi connectivity index (χ3v) is 5.08. The molecule has 1 amide bonds. The molecular formula is C21H27NO8. The fraction of sp³-hybridized carbons (Fsp3) is 0.619. The second-order valence-corrected chi connectivity index (χ2v) is 8.38. The molecule has 3 heterocycles. The lowest BCUT2D eigenvalue weighted by molar-refractivity contribution is -0.229. The van der Waals surface area contributed by atoms with E-state index in [1.54, 1.807) is 58.9 Å². The number of hydrogen-bond donors (Lipinski definition) is 1. The van der Waals surface area contributed by atoms with Crippen molar-refractivity contribution in [3.63, 3.8) is 0 Å². The van der Waals surface area contributed by atoms with Gasteiger partial charge in [0.25, 0.3) is 5.91 Å². The molecule has 0 aromatic heterocycles. The summed E-state index contributed by atoms with van der Waals surface area (Å²) in [6.07, 6.45) is -3.37. The van der Waals surface area contributed by atoms with Crippen molar-refractivity contribution >= 4 is 17.6 Å². The molecule has 9 nitrogen and oxygen atoms in total. The van der Waals surface area contributed by atoms with E-state index >= 15 is 0 Å². The lowest BCUT2D eigenvalue weighted by Gasteiger charge is -2.36. The Kier molecular flexibility index (Phi) is 5.36. The summed E-state index contributed by atoms with van der Waals surface area (Å²) >= 11 is 0. The van der Waals surface area contributed by atoms with E-state index in [0.717, 1.165) is 0 Å². The summed E-state index contributed by atoms with van der Waals surface area (Å²) in [6, 6.07) is 6.43. The number of ether oxygens (including phenoxy) is 6. The van der Waals surface area contributed by atoms with Gasteiger partial charge in [0.05, 0.1) is 12.2 Å². The number of nitrogens with one attached hydrogen (secondary N) is 1. The Morgan fingerprint density at radius 3 is 2.20 bits per heavy atom. The summed E-state index contributed by atoms with van der Waals surface area (Å²) in [4.78, 5) is 24.8. The van der Waals surface area contributed by atoms with E-state index in [1.165, 1.54) is 0 Å². The van der Waals surface area contributed by atoms with Gasteiger partial charge in [0.1, 0.15) is 18.3 Å². The first-order chi connectivity index (χ1) is 14.1. The average Bonchev–Trinajstić information content (AvgIpc) is 3.15. The van der Waals surface area contributed by atoms with Gasteiger partial charge in [-0.15, -0.1) is 0 Å². The lowest BCUT2D eigenvalue weighted by atomic mass is 9.98. The van der Waals surface area contributed by atoms with Crippen molar-refractivity contribution in [2.45, 2.75) is 76.9 Å². The smallest absolute Gasteiger partial charge is 0.338 e. The normalized spacial score (nSPS) is 33.4. The van der Waals surface area contributed by atoms with Crippen LogP contribution in [0.25, 0.3) is 0 Å². The van der Waals surface area contributed by atoms with Crippen molar-refractivity contribution in [3.05, 3.63) is 29.8 Å². The highest BCUT2D eigenvalue weighted by atomic mass is 16.9. The summed E-state index contributed by atoms with van der Waals surface area (Å²) in [5.74, 6) is -2.56. The summed E-state index contributed by atoms with van der Waals surface area (Å²) in [5.41, 5.74) is 0.914. The van der Waals surface area contributed by atoms with E-state index in [-0.39, 0.29) is 0 Å². The van der Waals surface area contributed by atoms with Gasteiger partial charge >= 0.3 is 5.97 Å². The molecule has 0 bridgehead atoms. The Morgan fingerprint density at radius 1 is 0.933 bits per heavy atom. The van der Waals surface area contributed by atoms with Crippen LogP contribution in [0.2, 0.25) is 0 Å². The van der Waals surface area contributed by atoms with Crippen LogP contribution in [-0.4, -0.2) is 60.8 Å². The number of anilines is 1. The maximum absolute atomic E-state index is 13.0. The molecule has 164 valence electrons. The Labute approximate surface area is 174 Å². The highest BCUT2D eigenvalue weighted by molar-refractivity contribution is 5.96. The topological polar surface area (TPSA) is 102 Å². The van der Waals surface area contributed by atoms with Gasteiger partial charge in [-0.2, -0.15) is 0 Å². The van der Waals surface area contributed by atoms with Gasteiger partial charge in [0.2, 0.25) is 0 Å². The first-order valence-electron chi connectivity index (χ1n) is 10.0. The molecule has 9 heteroatoms. The fourth-order valence-corrected chi connectivity index (χ4v) is 3.94. The zero-order chi connectivity index (χ0) is 21.7. The minimum atomic E-state index is -0.958. The van der Waals surface area contributed by atoms with Crippen LogP contribution < -0.4 is 5.32 Å². The van der Waals surface area contributed by atoms with Crippen LogP contribution in [0.1, 0.15) is 45.0 Å². The molecule has 3 aliphatic heterocycles. The minimum Gasteiger partial charge on any atom is -0.462 e. The van der Waals surface area contributed by atoms with Crippen LogP contribution in [0.5, 0.6) is 0 Å². The Bertz CT molecular complexity index is 821. The van der Waals surface area contributed by atoms with E-state index in [4.69, 9.17) is 28.4 Å². The molecule has 30 heavy (non-hydrogen) atoms. The number of amides is 1. The number of benzene rings is 1. The monoisotopic (exact) mass is 421 g/mol. The first-order valence-corrected chi connectivity index (χ1v) is 10.0. The van der Waals surface area contributed by atoms with E-state index in [1.807, 2.05) is 0 Å². The summed E-state index contributed by atoms with van der Waals surface area (Å²) in [7, 11) is 0. The maximum Gasteiger partial charge on any atom is 0.338 e. The van der Waals surface area contributed by atoms with Gasteiger partial charge in [-0.1, -0.05) is 0 Å².